The molecule has 0 aromatic heterocycles. The molecule has 0 aromatic carbocycles. The topological polar surface area (TPSA) is 15.3 Å². The second-order valence-electron chi connectivity index (χ2n) is 6.90. The molecule has 2 aliphatic rings. The second-order valence-corrected chi connectivity index (χ2v) is 6.90. The van der Waals surface area contributed by atoms with Gasteiger partial charge in [-0.3, -0.25) is 4.90 Å². The van der Waals surface area contributed by atoms with Crippen LogP contribution in [0, 0.1) is 23.7 Å². The highest BCUT2D eigenvalue weighted by atomic mass is 15.2. The molecule has 1 saturated heterocycles. The van der Waals surface area contributed by atoms with Crippen molar-refractivity contribution in [3.8, 4) is 11.8 Å². The molecular weight excluding hydrogens is 244 g/mol. The summed E-state index contributed by atoms with van der Waals surface area (Å²) < 4.78 is 0. The van der Waals surface area contributed by atoms with Crippen LogP contribution in [0.4, 0.5) is 0 Å². The summed E-state index contributed by atoms with van der Waals surface area (Å²) in [7, 11) is 0. The van der Waals surface area contributed by atoms with E-state index >= 15 is 0 Å². The zero-order valence-electron chi connectivity index (χ0n) is 13.6. The summed E-state index contributed by atoms with van der Waals surface area (Å²) in [5.74, 6) is 7.91. The molecule has 114 valence electrons. The lowest BCUT2D eigenvalue weighted by Crippen LogP contribution is -2.60. The highest BCUT2D eigenvalue weighted by molar-refractivity contribution is 4.98. The third-order valence-electron chi connectivity index (χ3n) is 5.18. The van der Waals surface area contributed by atoms with Crippen molar-refractivity contribution < 1.29 is 0 Å². The number of piperazine rings is 1. The monoisotopic (exact) mass is 276 g/mol. The van der Waals surface area contributed by atoms with E-state index in [1.807, 2.05) is 6.92 Å². The molecular formula is C18H32N2. The molecule has 1 heterocycles. The van der Waals surface area contributed by atoms with Gasteiger partial charge in [0.25, 0.3) is 0 Å². The Balaban J connectivity index is 1.92. The Morgan fingerprint density at radius 2 is 1.95 bits per heavy atom. The zero-order valence-corrected chi connectivity index (χ0v) is 13.6. The summed E-state index contributed by atoms with van der Waals surface area (Å²) >= 11 is 0. The molecule has 2 fully saturated rings. The molecule has 2 unspecified atom stereocenters. The highest BCUT2D eigenvalue weighted by Gasteiger charge is 2.33. The standard InChI is InChI=1S/C18H32N2/c1-4-5-9-12-20-14-17(16-10-7-6-8-11-16)19-13-18(20)15(2)3/h15-19H,6-14H2,1-3H3. The van der Waals surface area contributed by atoms with Gasteiger partial charge in [0.2, 0.25) is 0 Å². The average molecular weight is 276 g/mol. The lowest BCUT2D eigenvalue weighted by atomic mass is 9.82. The summed E-state index contributed by atoms with van der Waals surface area (Å²) in [6, 6.07) is 1.41. The lowest BCUT2D eigenvalue weighted by molar-refractivity contribution is 0.0742. The Bertz CT molecular complexity index is 333. The van der Waals surface area contributed by atoms with Crippen LogP contribution in [0.2, 0.25) is 0 Å². The van der Waals surface area contributed by atoms with E-state index in [1.54, 1.807) is 0 Å². The van der Waals surface area contributed by atoms with Crippen molar-refractivity contribution in [2.24, 2.45) is 11.8 Å². The molecule has 2 rings (SSSR count). The minimum atomic E-state index is 0.688. The van der Waals surface area contributed by atoms with Crippen LogP contribution in [0.5, 0.6) is 0 Å². The smallest absolute Gasteiger partial charge is 0.0244 e. The highest BCUT2D eigenvalue weighted by Crippen LogP contribution is 2.29. The lowest BCUT2D eigenvalue weighted by Gasteiger charge is -2.45. The van der Waals surface area contributed by atoms with E-state index in [-0.39, 0.29) is 0 Å². The summed E-state index contributed by atoms with van der Waals surface area (Å²) in [6.07, 6.45) is 8.24. The molecule has 20 heavy (non-hydrogen) atoms. The molecule has 0 aromatic rings. The van der Waals surface area contributed by atoms with Crippen LogP contribution in [-0.2, 0) is 0 Å². The maximum absolute atomic E-state index is 3.86. The van der Waals surface area contributed by atoms with Crippen molar-refractivity contribution >= 4 is 0 Å². The van der Waals surface area contributed by atoms with Crippen LogP contribution in [0.1, 0.15) is 59.3 Å². The molecule has 0 radical (unpaired) electrons. The molecule has 1 N–H and O–H groups in total. The van der Waals surface area contributed by atoms with Crippen LogP contribution >= 0.6 is 0 Å². The summed E-state index contributed by atoms with van der Waals surface area (Å²) in [5.41, 5.74) is 0. The van der Waals surface area contributed by atoms with Gasteiger partial charge in [-0.1, -0.05) is 33.1 Å². The molecule has 0 spiro atoms. The predicted molar refractivity (Wildman–Crippen MR) is 86.6 cm³/mol. The Hall–Kier alpha value is -0.520. The van der Waals surface area contributed by atoms with Gasteiger partial charge in [0, 0.05) is 38.1 Å². The van der Waals surface area contributed by atoms with Crippen LogP contribution in [0.15, 0.2) is 0 Å². The van der Waals surface area contributed by atoms with Crippen molar-refractivity contribution in [1.29, 1.82) is 0 Å². The second kappa shape index (κ2) is 8.05. The first-order valence-corrected chi connectivity index (χ1v) is 8.59. The van der Waals surface area contributed by atoms with Gasteiger partial charge >= 0.3 is 0 Å². The third kappa shape index (κ3) is 4.24. The minimum Gasteiger partial charge on any atom is -0.311 e. The Morgan fingerprint density at radius 1 is 1.20 bits per heavy atom. The number of hydrogen-bond acceptors (Lipinski definition) is 2. The van der Waals surface area contributed by atoms with Gasteiger partial charge in [-0.05, 0) is 31.6 Å². The van der Waals surface area contributed by atoms with Crippen molar-refractivity contribution in [2.45, 2.75) is 71.4 Å². The number of nitrogens with one attached hydrogen (secondary N) is 1. The normalized spacial score (nSPS) is 29.2. The molecule has 2 atom stereocenters. The number of hydrogen-bond donors (Lipinski definition) is 1. The molecule has 0 amide bonds. The van der Waals surface area contributed by atoms with Crippen molar-refractivity contribution in [1.82, 2.24) is 10.2 Å². The van der Waals surface area contributed by atoms with Crippen LogP contribution in [0.3, 0.4) is 0 Å². The first-order chi connectivity index (χ1) is 9.72. The Labute approximate surface area is 125 Å². The summed E-state index contributed by atoms with van der Waals surface area (Å²) in [4.78, 5) is 2.71. The number of rotatable bonds is 4. The minimum absolute atomic E-state index is 0.688. The van der Waals surface area contributed by atoms with Gasteiger partial charge in [-0.25, -0.2) is 0 Å². The van der Waals surface area contributed by atoms with E-state index in [0.29, 0.717) is 6.04 Å². The van der Waals surface area contributed by atoms with E-state index in [4.69, 9.17) is 0 Å². The fraction of sp³-hybridized carbons (Fsp3) is 0.889. The quantitative estimate of drug-likeness (QED) is 0.793. The maximum atomic E-state index is 3.86. The summed E-state index contributed by atoms with van der Waals surface area (Å²) in [5, 5.41) is 3.86. The molecule has 1 saturated carbocycles. The fourth-order valence-electron chi connectivity index (χ4n) is 3.95. The molecule has 1 aliphatic heterocycles. The van der Waals surface area contributed by atoms with Crippen molar-refractivity contribution in [3.63, 3.8) is 0 Å². The third-order valence-corrected chi connectivity index (χ3v) is 5.18. The molecule has 0 bridgehead atoms. The molecule has 2 nitrogen and oxygen atoms in total. The first kappa shape index (κ1) is 15.9. The van der Waals surface area contributed by atoms with Crippen molar-refractivity contribution in [3.05, 3.63) is 0 Å². The van der Waals surface area contributed by atoms with Gasteiger partial charge in [-0.15, -0.1) is 11.8 Å². The van der Waals surface area contributed by atoms with E-state index in [2.05, 4.69) is 35.9 Å². The largest absolute Gasteiger partial charge is 0.311 e. The van der Waals surface area contributed by atoms with Gasteiger partial charge < -0.3 is 5.32 Å². The van der Waals surface area contributed by atoms with E-state index in [1.165, 1.54) is 45.2 Å². The van der Waals surface area contributed by atoms with E-state index in [0.717, 1.165) is 30.8 Å². The van der Waals surface area contributed by atoms with E-state index < -0.39 is 0 Å². The SMILES string of the molecule is CC#CCCN1CC(C2CCCCC2)NCC1C(C)C. The molecule has 1 aliphatic carbocycles. The van der Waals surface area contributed by atoms with Gasteiger partial charge in [0.15, 0.2) is 0 Å². The number of nitrogens with zero attached hydrogens (tertiary/aromatic N) is 1. The Kier molecular flexibility index (Phi) is 6.39. The first-order valence-electron chi connectivity index (χ1n) is 8.59. The van der Waals surface area contributed by atoms with Crippen LogP contribution in [0.25, 0.3) is 0 Å². The van der Waals surface area contributed by atoms with Gasteiger partial charge in [0.05, 0.1) is 0 Å². The van der Waals surface area contributed by atoms with Crippen LogP contribution < -0.4 is 5.32 Å². The fourth-order valence-corrected chi connectivity index (χ4v) is 3.95. The zero-order chi connectivity index (χ0) is 14.4. The Morgan fingerprint density at radius 3 is 2.60 bits per heavy atom. The van der Waals surface area contributed by atoms with Crippen LogP contribution in [-0.4, -0.2) is 36.6 Å². The maximum Gasteiger partial charge on any atom is 0.0244 e. The summed E-state index contributed by atoms with van der Waals surface area (Å²) in [6.45, 7) is 10.2. The van der Waals surface area contributed by atoms with Gasteiger partial charge in [-0.2, -0.15) is 0 Å². The average Bonchev–Trinajstić information content (AvgIpc) is 2.48. The molecule has 2 heteroatoms. The predicted octanol–water partition coefficient (Wildman–Crippen LogP) is 3.28. The van der Waals surface area contributed by atoms with Gasteiger partial charge in [0.1, 0.15) is 0 Å². The van der Waals surface area contributed by atoms with Crippen molar-refractivity contribution in [2.75, 3.05) is 19.6 Å². The van der Waals surface area contributed by atoms with E-state index in [9.17, 15) is 0 Å².